The van der Waals surface area contributed by atoms with Crippen LogP contribution in [0.2, 0.25) is 0 Å². The number of aromatic amines is 1. The Morgan fingerprint density at radius 2 is 1.92 bits per heavy atom. The summed E-state index contributed by atoms with van der Waals surface area (Å²) >= 11 is 2.25. The number of aromatic nitrogens is 1. The molecule has 0 spiro atoms. The standard InChI is InChI=1S/C19H23IN2O3/c1-19(2,3)25-18(24)22-8-6-12(7-9-22)13-4-5-14-15(10-13)16(20)11-21-17(14)23/h4-5,10-12H,6-9H2,1-3H3,(H,21,23). The van der Waals surface area contributed by atoms with Crippen LogP contribution in [0.15, 0.2) is 29.2 Å². The van der Waals surface area contributed by atoms with Crippen molar-refractivity contribution in [1.29, 1.82) is 0 Å². The number of amides is 1. The lowest BCUT2D eigenvalue weighted by Gasteiger charge is -2.33. The second-order valence-corrected chi connectivity index (χ2v) is 8.67. The summed E-state index contributed by atoms with van der Waals surface area (Å²) in [6.07, 6.45) is 3.33. The molecular formula is C19H23IN2O3. The Labute approximate surface area is 160 Å². The summed E-state index contributed by atoms with van der Waals surface area (Å²) in [5.41, 5.74) is 0.720. The van der Waals surface area contributed by atoms with Gasteiger partial charge in [0.15, 0.2) is 0 Å². The highest BCUT2D eigenvalue weighted by Crippen LogP contribution is 2.31. The van der Waals surface area contributed by atoms with Gasteiger partial charge in [-0.3, -0.25) is 4.79 Å². The number of nitrogens with zero attached hydrogens (tertiary/aromatic N) is 1. The highest BCUT2D eigenvalue weighted by molar-refractivity contribution is 14.1. The minimum absolute atomic E-state index is 0.0540. The molecule has 134 valence electrons. The second-order valence-electron chi connectivity index (χ2n) is 7.51. The highest BCUT2D eigenvalue weighted by Gasteiger charge is 2.27. The van der Waals surface area contributed by atoms with Gasteiger partial charge in [0, 0.05) is 33.6 Å². The number of pyridine rings is 1. The van der Waals surface area contributed by atoms with E-state index in [9.17, 15) is 9.59 Å². The van der Waals surface area contributed by atoms with Crippen molar-refractivity contribution in [1.82, 2.24) is 9.88 Å². The first kappa shape index (κ1) is 18.2. The van der Waals surface area contributed by atoms with Gasteiger partial charge in [-0.05, 0) is 79.8 Å². The number of fused-ring (bicyclic) bond motifs is 1. The maximum Gasteiger partial charge on any atom is 0.410 e. The van der Waals surface area contributed by atoms with Crippen molar-refractivity contribution in [2.75, 3.05) is 13.1 Å². The van der Waals surface area contributed by atoms with E-state index < -0.39 is 5.60 Å². The minimum atomic E-state index is -0.462. The van der Waals surface area contributed by atoms with E-state index in [4.69, 9.17) is 4.74 Å². The molecule has 2 aromatic rings. The van der Waals surface area contributed by atoms with Crippen molar-refractivity contribution >= 4 is 39.5 Å². The van der Waals surface area contributed by atoms with Crippen LogP contribution in [0, 0.1) is 3.57 Å². The number of hydrogen-bond acceptors (Lipinski definition) is 3. The van der Waals surface area contributed by atoms with E-state index in [2.05, 4.69) is 33.6 Å². The zero-order valence-electron chi connectivity index (χ0n) is 14.8. The smallest absolute Gasteiger partial charge is 0.410 e. The van der Waals surface area contributed by atoms with Crippen molar-refractivity contribution in [2.24, 2.45) is 0 Å². The average molecular weight is 454 g/mol. The molecule has 1 aliphatic heterocycles. The number of benzene rings is 1. The SMILES string of the molecule is CC(C)(C)OC(=O)N1CCC(c2ccc3c(=O)[nH]cc(I)c3c2)CC1. The van der Waals surface area contributed by atoms with Gasteiger partial charge in [-0.2, -0.15) is 0 Å². The van der Waals surface area contributed by atoms with Gasteiger partial charge in [0.1, 0.15) is 5.60 Å². The first-order chi connectivity index (χ1) is 11.7. The first-order valence-corrected chi connectivity index (χ1v) is 9.61. The number of likely N-dealkylation sites (tertiary alicyclic amines) is 1. The predicted molar refractivity (Wildman–Crippen MR) is 107 cm³/mol. The number of ether oxygens (including phenoxy) is 1. The third kappa shape index (κ3) is 4.16. The highest BCUT2D eigenvalue weighted by atomic mass is 127. The monoisotopic (exact) mass is 454 g/mol. The van der Waals surface area contributed by atoms with E-state index in [1.807, 2.05) is 32.9 Å². The summed E-state index contributed by atoms with van der Waals surface area (Å²) in [5, 5.41) is 1.72. The van der Waals surface area contributed by atoms with Crippen molar-refractivity contribution in [3.05, 3.63) is 43.9 Å². The fraction of sp³-hybridized carbons (Fsp3) is 0.474. The van der Waals surface area contributed by atoms with Gasteiger partial charge < -0.3 is 14.6 Å². The molecule has 25 heavy (non-hydrogen) atoms. The second kappa shape index (κ2) is 6.97. The summed E-state index contributed by atoms with van der Waals surface area (Å²) in [5.74, 6) is 0.401. The number of halogens is 1. The topological polar surface area (TPSA) is 62.4 Å². The molecule has 0 bridgehead atoms. The predicted octanol–water partition coefficient (Wildman–Crippen LogP) is 4.25. The van der Waals surface area contributed by atoms with Crippen molar-refractivity contribution < 1.29 is 9.53 Å². The van der Waals surface area contributed by atoms with Gasteiger partial charge in [-0.15, -0.1) is 0 Å². The van der Waals surface area contributed by atoms with Gasteiger partial charge in [0.25, 0.3) is 5.56 Å². The minimum Gasteiger partial charge on any atom is -0.444 e. The molecule has 0 atom stereocenters. The van der Waals surface area contributed by atoms with E-state index in [0.29, 0.717) is 19.0 Å². The quantitative estimate of drug-likeness (QED) is 0.656. The van der Waals surface area contributed by atoms with Crippen LogP contribution in [0.4, 0.5) is 4.79 Å². The lowest BCUT2D eigenvalue weighted by atomic mass is 9.88. The van der Waals surface area contributed by atoms with Crippen molar-refractivity contribution in [2.45, 2.75) is 45.1 Å². The Hall–Kier alpha value is -1.57. The summed E-state index contributed by atoms with van der Waals surface area (Å²) in [6, 6.07) is 6.08. The molecule has 1 N–H and O–H groups in total. The Morgan fingerprint density at radius 3 is 2.56 bits per heavy atom. The van der Waals surface area contributed by atoms with Crippen LogP contribution in [0.25, 0.3) is 10.8 Å². The molecular weight excluding hydrogens is 431 g/mol. The summed E-state index contributed by atoms with van der Waals surface area (Å²) < 4.78 is 6.49. The molecule has 3 rings (SSSR count). The zero-order chi connectivity index (χ0) is 18.2. The van der Waals surface area contributed by atoms with Crippen molar-refractivity contribution in [3.63, 3.8) is 0 Å². The van der Waals surface area contributed by atoms with Gasteiger partial charge in [0.2, 0.25) is 0 Å². The van der Waals surface area contributed by atoms with E-state index in [0.717, 1.165) is 27.2 Å². The molecule has 1 aromatic carbocycles. The van der Waals surface area contributed by atoms with E-state index >= 15 is 0 Å². The molecule has 1 fully saturated rings. The molecule has 2 heterocycles. The van der Waals surface area contributed by atoms with Crippen LogP contribution in [0.3, 0.4) is 0 Å². The zero-order valence-corrected chi connectivity index (χ0v) is 16.9. The van der Waals surface area contributed by atoms with Crippen LogP contribution in [-0.2, 0) is 4.74 Å². The number of H-pyrrole nitrogens is 1. The molecule has 6 heteroatoms. The van der Waals surface area contributed by atoms with Crippen LogP contribution in [-0.4, -0.2) is 34.7 Å². The number of carbonyl (C=O) groups is 1. The molecule has 1 aromatic heterocycles. The van der Waals surface area contributed by atoms with Crippen molar-refractivity contribution in [3.8, 4) is 0 Å². The normalized spacial score (nSPS) is 16.2. The van der Waals surface area contributed by atoms with Gasteiger partial charge in [0.05, 0.1) is 0 Å². The lowest BCUT2D eigenvalue weighted by molar-refractivity contribution is 0.0205. The number of piperidine rings is 1. The summed E-state index contributed by atoms with van der Waals surface area (Å²) in [4.78, 5) is 28.7. The number of hydrogen-bond donors (Lipinski definition) is 1. The molecule has 1 aliphatic rings. The Bertz CT molecular complexity index is 846. The number of carbonyl (C=O) groups excluding carboxylic acids is 1. The summed E-state index contributed by atoms with van der Waals surface area (Å²) in [6.45, 7) is 7.05. The Balaban J connectivity index is 1.73. The average Bonchev–Trinajstić information content (AvgIpc) is 2.57. The lowest BCUT2D eigenvalue weighted by Crippen LogP contribution is -2.41. The molecule has 1 saturated heterocycles. The van der Waals surface area contributed by atoms with Crippen LogP contribution < -0.4 is 5.56 Å². The molecule has 0 aliphatic carbocycles. The van der Waals surface area contributed by atoms with Gasteiger partial charge in [-0.1, -0.05) is 6.07 Å². The third-order valence-corrected chi connectivity index (χ3v) is 5.39. The molecule has 5 nitrogen and oxygen atoms in total. The number of nitrogens with one attached hydrogen (secondary N) is 1. The molecule has 0 saturated carbocycles. The maximum atomic E-state index is 12.2. The molecule has 0 radical (unpaired) electrons. The fourth-order valence-electron chi connectivity index (χ4n) is 3.22. The van der Waals surface area contributed by atoms with Gasteiger partial charge in [-0.25, -0.2) is 4.79 Å². The molecule has 1 amide bonds. The van der Waals surface area contributed by atoms with Crippen LogP contribution >= 0.6 is 22.6 Å². The van der Waals surface area contributed by atoms with Crippen LogP contribution in [0.1, 0.15) is 45.1 Å². The largest absolute Gasteiger partial charge is 0.444 e. The summed E-state index contributed by atoms with van der Waals surface area (Å²) in [7, 11) is 0. The number of rotatable bonds is 1. The molecule has 0 unspecified atom stereocenters. The van der Waals surface area contributed by atoms with Gasteiger partial charge >= 0.3 is 6.09 Å². The Kier molecular flexibility index (Phi) is 5.09. The first-order valence-electron chi connectivity index (χ1n) is 8.53. The van der Waals surface area contributed by atoms with Crippen LogP contribution in [0.5, 0.6) is 0 Å². The maximum absolute atomic E-state index is 12.2. The van der Waals surface area contributed by atoms with E-state index in [1.54, 1.807) is 11.1 Å². The third-order valence-electron chi connectivity index (χ3n) is 4.49. The Morgan fingerprint density at radius 1 is 1.24 bits per heavy atom. The fourth-order valence-corrected chi connectivity index (χ4v) is 3.82. The van der Waals surface area contributed by atoms with E-state index in [1.165, 1.54) is 5.56 Å². The van der Waals surface area contributed by atoms with E-state index in [-0.39, 0.29) is 11.7 Å².